The summed E-state index contributed by atoms with van der Waals surface area (Å²) in [5.74, 6) is 0.660. The molecule has 0 unspecified atom stereocenters. The van der Waals surface area contributed by atoms with Crippen molar-refractivity contribution in [3.05, 3.63) is 83.4 Å². The second-order valence-corrected chi connectivity index (χ2v) is 11.1. The summed E-state index contributed by atoms with van der Waals surface area (Å²) < 4.78 is 16.6. The first-order chi connectivity index (χ1) is 19.7. The lowest BCUT2D eigenvalue weighted by atomic mass is 9.94. The summed E-state index contributed by atoms with van der Waals surface area (Å²) in [5.41, 5.74) is 6.64. The lowest BCUT2D eigenvalue weighted by molar-refractivity contribution is -0.155. The van der Waals surface area contributed by atoms with Crippen molar-refractivity contribution in [3.63, 3.8) is 0 Å². The van der Waals surface area contributed by atoms with Gasteiger partial charge in [0.15, 0.2) is 0 Å². The topological polar surface area (TPSA) is 97.9 Å². The Kier molecular flexibility index (Phi) is 10.0. The Bertz CT molecular complexity index is 1460. The van der Waals surface area contributed by atoms with E-state index in [2.05, 4.69) is 35.3 Å². The molecule has 8 nitrogen and oxygen atoms in total. The van der Waals surface area contributed by atoms with Gasteiger partial charge in [0, 0.05) is 37.9 Å². The van der Waals surface area contributed by atoms with Gasteiger partial charge >= 0.3 is 5.97 Å². The number of rotatable bonds is 12. The summed E-state index contributed by atoms with van der Waals surface area (Å²) in [4.78, 5) is 18.9. The third-order valence-corrected chi connectivity index (χ3v) is 6.57. The number of nitrogens with zero attached hydrogens (tertiary/aromatic N) is 3. The molecule has 0 radical (unpaired) electrons. The number of carbonyl (C=O) groups excluding carboxylic acids is 1. The normalized spacial score (nSPS) is 11.7. The highest BCUT2D eigenvalue weighted by Crippen LogP contribution is 2.32. The van der Waals surface area contributed by atoms with E-state index in [1.165, 1.54) is 5.56 Å². The molecule has 8 heteroatoms. The van der Waals surface area contributed by atoms with Gasteiger partial charge in [0.05, 0.1) is 19.6 Å². The van der Waals surface area contributed by atoms with Crippen molar-refractivity contribution < 1.29 is 23.9 Å². The van der Waals surface area contributed by atoms with Gasteiger partial charge in [0.1, 0.15) is 5.60 Å². The maximum atomic E-state index is 12.2. The van der Waals surface area contributed by atoms with Crippen LogP contribution in [0, 0.1) is 6.92 Å². The van der Waals surface area contributed by atoms with Crippen molar-refractivity contribution in [1.82, 2.24) is 15.0 Å². The molecule has 4 aromatic rings. The number of carbonyl (C=O) groups is 1. The Morgan fingerprint density at radius 1 is 0.976 bits per heavy atom. The predicted octanol–water partition coefficient (Wildman–Crippen LogP) is 6.05. The first-order valence-corrected chi connectivity index (χ1v) is 13.8. The van der Waals surface area contributed by atoms with Gasteiger partial charge in [-0.1, -0.05) is 53.7 Å². The molecule has 0 spiro atoms. The zero-order valence-electron chi connectivity index (χ0n) is 24.5. The number of aromatic nitrogens is 2. The summed E-state index contributed by atoms with van der Waals surface area (Å²) in [6.45, 7) is 9.59. The highest BCUT2D eigenvalue weighted by atomic mass is 16.6. The van der Waals surface area contributed by atoms with E-state index in [-0.39, 0.29) is 19.0 Å². The average Bonchev–Trinajstić information content (AvgIpc) is 3.42. The van der Waals surface area contributed by atoms with E-state index < -0.39 is 5.60 Å². The Labute approximate surface area is 241 Å². The molecule has 0 bridgehead atoms. The number of hydrogen-bond donors (Lipinski definition) is 1. The molecule has 0 aliphatic rings. The third kappa shape index (κ3) is 8.33. The third-order valence-electron chi connectivity index (χ3n) is 6.57. The highest BCUT2D eigenvalue weighted by molar-refractivity contribution is 5.74. The van der Waals surface area contributed by atoms with E-state index in [1.807, 2.05) is 74.2 Å². The zero-order valence-corrected chi connectivity index (χ0v) is 24.5. The van der Waals surface area contributed by atoms with Crippen LogP contribution in [-0.2, 0) is 27.4 Å². The van der Waals surface area contributed by atoms with Crippen LogP contribution in [0.1, 0.15) is 43.9 Å². The monoisotopic (exact) mass is 557 g/mol. The molecule has 0 saturated carbocycles. The van der Waals surface area contributed by atoms with Crippen LogP contribution >= 0.6 is 0 Å². The van der Waals surface area contributed by atoms with Crippen LogP contribution in [0.15, 0.2) is 71.3 Å². The Morgan fingerprint density at radius 3 is 2.51 bits per heavy atom. The van der Waals surface area contributed by atoms with E-state index in [1.54, 1.807) is 7.11 Å². The predicted molar refractivity (Wildman–Crippen MR) is 159 cm³/mol. The quantitative estimate of drug-likeness (QED) is 0.210. The van der Waals surface area contributed by atoms with E-state index in [9.17, 15) is 9.90 Å². The van der Waals surface area contributed by atoms with Gasteiger partial charge in [-0.25, -0.2) is 0 Å². The molecular formula is C33H39N3O5. The van der Waals surface area contributed by atoms with Crippen LogP contribution in [0.2, 0.25) is 0 Å². The van der Waals surface area contributed by atoms with Gasteiger partial charge in [-0.3, -0.25) is 9.69 Å². The van der Waals surface area contributed by atoms with Crippen molar-refractivity contribution in [2.75, 3.05) is 26.8 Å². The van der Waals surface area contributed by atoms with Crippen LogP contribution in [0.3, 0.4) is 0 Å². The van der Waals surface area contributed by atoms with E-state index in [4.69, 9.17) is 14.0 Å². The summed E-state index contributed by atoms with van der Waals surface area (Å²) in [6, 6.07) is 22.3. The van der Waals surface area contributed by atoms with Crippen LogP contribution in [0.4, 0.5) is 0 Å². The van der Waals surface area contributed by atoms with Gasteiger partial charge < -0.3 is 19.1 Å². The summed E-state index contributed by atoms with van der Waals surface area (Å²) in [6.07, 6.45) is 0.249. The standard InChI is InChI=1S/C33H39N3O5/c1-23-9-6-7-12-28(23)29-14-13-26(20-27(29)22-39-5)32-34-31(35-41-32)25-11-8-10-24(19-25)21-36(17-18-37)16-15-30(38)40-33(2,3)4/h6-14,19-20,37H,15-18,21-22H2,1-5H3. The number of methoxy groups -OCH3 is 1. The minimum atomic E-state index is -0.523. The second-order valence-electron chi connectivity index (χ2n) is 11.1. The van der Waals surface area contributed by atoms with Crippen molar-refractivity contribution in [3.8, 4) is 34.0 Å². The van der Waals surface area contributed by atoms with Gasteiger partial charge in [-0.2, -0.15) is 4.98 Å². The number of aliphatic hydroxyl groups excluding tert-OH is 1. The molecule has 0 aliphatic heterocycles. The van der Waals surface area contributed by atoms with Gasteiger partial charge in [0.25, 0.3) is 5.89 Å². The van der Waals surface area contributed by atoms with E-state index in [0.717, 1.165) is 33.4 Å². The first kappa shape index (κ1) is 30.1. The fourth-order valence-corrected chi connectivity index (χ4v) is 4.72. The summed E-state index contributed by atoms with van der Waals surface area (Å²) >= 11 is 0. The smallest absolute Gasteiger partial charge is 0.307 e. The molecule has 3 aromatic carbocycles. The summed E-state index contributed by atoms with van der Waals surface area (Å²) in [5, 5.41) is 13.8. The molecule has 1 aromatic heterocycles. The molecule has 0 amide bonds. The minimum absolute atomic E-state index is 0.00407. The number of aryl methyl sites for hydroxylation is 1. The van der Waals surface area contributed by atoms with Crippen molar-refractivity contribution >= 4 is 5.97 Å². The molecule has 216 valence electrons. The Balaban J connectivity index is 1.51. The molecule has 41 heavy (non-hydrogen) atoms. The van der Waals surface area contributed by atoms with E-state index in [0.29, 0.717) is 38.0 Å². The Morgan fingerprint density at radius 2 is 1.78 bits per heavy atom. The van der Waals surface area contributed by atoms with E-state index >= 15 is 0 Å². The minimum Gasteiger partial charge on any atom is -0.460 e. The lowest BCUT2D eigenvalue weighted by Gasteiger charge is -2.23. The molecule has 0 saturated heterocycles. The largest absolute Gasteiger partial charge is 0.460 e. The lowest BCUT2D eigenvalue weighted by Crippen LogP contribution is -2.31. The fourth-order valence-electron chi connectivity index (χ4n) is 4.72. The number of aliphatic hydroxyl groups is 1. The Hall–Kier alpha value is -3.85. The second kappa shape index (κ2) is 13.7. The van der Waals surface area contributed by atoms with Crippen LogP contribution in [0.25, 0.3) is 34.0 Å². The van der Waals surface area contributed by atoms with Gasteiger partial charge in [0.2, 0.25) is 5.82 Å². The SMILES string of the molecule is COCc1cc(-c2nc(-c3cccc(CN(CCO)CCC(=O)OC(C)(C)C)c3)no2)ccc1-c1ccccc1C. The van der Waals surface area contributed by atoms with Crippen molar-refractivity contribution in [2.24, 2.45) is 0 Å². The number of hydrogen-bond acceptors (Lipinski definition) is 8. The number of esters is 1. The van der Waals surface area contributed by atoms with Crippen molar-refractivity contribution in [1.29, 1.82) is 0 Å². The maximum Gasteiger partial charge on any atom is 0.307 e. The van der Waals surface area contributed by atoms with Crippen LogP contribution in [-0.4, -0.2) is 58.5 Å². The molecule has 0 aliphatic carbocycles. The average molecular weight is 558 g/mol. The number of benzene rings is 3. The molecule has 0 atom stereocenters. The molecule has 1 heterocycles. The molecule has 4 rings (SSSR count). The van der Waals surface area contributed by atoms with Gasteiger partial charge in [-0.05, 0) is 73.7 Å². The van der Waals surface area contributed by atoms with Crippen LogP contribution < -0.4 is 0 Å². The number of ether oxygens (including phenoxy) is 2. The summed E-state index contributed by atoms with van der Waals surface area (Å²) in [7, 11) is 1.69. The van der Waals surface area contributed by atoms with Gasteiger partial charge in [-0.15, -0.1) is 0 Å². The maximum absolute atomic E-state index is 12.2. The van der Waals surface area contributed by atoms with Crippen LogP contribution in [0.5, 0.6) is 0 Å². The molecule has 1 N–H and O–H groups in total. The zero-order chi connectivity index (χ0) is 29.4. The highest BCUT2D eigenvalue weighted by Gasteiger charge is 2.18. The molecular weight excluding hydrogens is 518 g/mol. The fraction of sp³-hybridized carbons (Fsp3) is 0.364. The first-order valence-electron chi connectivity index (χ1n) is 13.8. The van der Waals surface area contributed by atoms with Crippen molar-refractivity contribution in [2.45, 2.75) is 52.9 Å². The molecule has 0 fully saturated rings.